The molecular formula is C27H23BBr4Fe2O3S+. The van der Waals surface area contributed by atoms with Crippen molar-refractivity contribution in [2.45, 2.75) is 11.8 Å². The molecule has 2 aromatic rings. The summed E-state index contributed by atoms with van der Waals surface area (Å²) in [7, 11) is 0. The molecule has 0 bridgehead atoms. The molecule has 11 heteroatoms. The molecule has 0 saturated heterocycles. The molecule has 2 fully saturated rings. The van der Waals surface area contributed by atoms with Gasteiger partial charge in [-0.15, -0.1) is 17.9 Å². The van der Waals surface area contributed by atoms with Crippen molar-refractivity contribution < 1.29 is 48.1 Å². The Labute approximate surface area is 288 Å². The molecule has 0 aliphatic heterocycles. The fourth-order valence-electron chi connectivity index (χ4n) is 1.93. The van der Waals surface area contributed by atoms with E-state index in [9.17, 15) is 0 Å². The van der Waals surface area contributed by atoms with Crippen molar-refractivity contribution in [3.8, 4) is 0 Å². The van der Waals surface area contributed by atoms with Crippen LogP contribution in [0.5, 0.6) is 0 Å². The molecular weight excluding hydrogens is 846 g/mol. The number of halogens is 4. The van der Waals surface area contributed by atoms with Gasteiger partial charge in [-0.05, 0) is 88.2 Å². The third kappa shape index (κ3) is 41.4. The Morgan fingerprint density at radius 2 is 0.895 bits per heavy atom. The van der Waals surface area contributed by atoms with Gasteiger partial charge in [0.05, 0.1) is 0 Å². The Balaban J connectivity index is -0.000000132. The average Bonchev–Trinajstić information content (AvgIpc) is 3.67. The van der Waals surface area contributed by atoms with E-state index in [4.69, 9.17) is 14.0 Å². The number of rotatable bonds is 3. The van der Waals surface area contributed by atoms with Gasteiger partial charge in [0.15, 0.2) is 0 Å². The number of hydrogen-bond acceptors (Lipinski definition) is 1. The molecule has 0 N–H and O–H groups in total. The Kier molecular flexibility index (Phi) is 48.5. The smallest absolute Gasteiger partial charge is 0.0312 e. The Bertz CT molecular complexity index is 737. The van der Waals surface area contributed by atoms with Gasteiger partial charge in [0.1, 0.15) is 0 Å². The fourth-order valence-corrected chi connectivity index (χ4v) is 2.65. The molecule has 11 radical (unpaired) electrons. The summed E-state index contributed by atoms with van der Waals surface area (Å²) < 4.78 is 21.8. The molecule has 0 atom stereocenters. The van der Waals surface area contributed by atoms with Crippen LogP contribution in [0, 0.1) is 96.8 Å². The maximum absolute atomic E-state index is 7.50. The van der Waals surface area contributed by atoms with Crippen molar-refractivity contribution in [1.82, 2.24) is 0 Å². The van der Waals surface area contributed by atoms with Crippen LogP contribution in [0.2, 0.25) is 0 Å². The monoisotopic (exact) mass is 866 g/mol. The Hall–Kier alpha value is 0.904. The van der Waals surface area contributed by atoms with Crippen molar-refractivity contribution >= 4 is 76.2 Å². The summed E-state index contributed by atoms with van der Waals surface area (Å²) in [6.45, 7) is 15.6. The van der Waals surface area contributed by atoms with Crippen molar-refractivity contribution in [3.05, 3.63) is 156 Å². The van der Waals surface area contributed by atoms with E-state index in [1.807, 2.05) is 70.3 Å². The first-order valence-electron chi connectivity index (χ1n) is 9.78. The van der Waals surface area contributed by atoms with E-state index in [2.05, 4.69) is 144 Å². The van der Waals surface area contributed by atoms with Crippen LogP contribution in [0.4, 0.5) is 0 Å². The molecule has 2 aromatic carbocycles. The van der Waals surface area contributed by atoms with Gasteiger partial charge in [0, 0.05) is 17.1 Å². The summed E-state index contributed by atoms with van der Waals surface area (Å²) >= 11 is 14.5. The molecule has 0 spiro atoms. The molecule has 0 aromatic heterocycles. The van der Waals surface area contributed by atoms with E-state index in [0.29, 0.717) is 0 Å². The molecule has 0 amide bonds. The van der Waals surface area contributed by atoms with Crippen LogP contribution in [0.25, 0.3) is 0 Å². The van der Waals surface area contributed by atoms with E-state index in [-0.39, 0.29) is 34.1 Å². The largest absolute Gasteiger partial charge is 3.00 e. The second kappa shape index (κ2) is 37.9. The van der Waals surface area contributed by atoms with Crippen LogP contribution in [-0.2, 0) is 48.1 Å². The zero-order valence-corrected chi connectivity index (χ0v) is 29.3. The minimum Gasteiger partial charge on any atom is -0.0312 e. The third-order valence-corrected chi connectivity index (χ3v) is 4.20. The van der Waals surface area contributed by atoms with Crippen molar-refractivity contribution in [3.63, 3.8) is 0 Å². The van der Waals surface area contributed by atoms with E-state index in [1.54, 1.807) is 11.8 Å². The quantitative estimate of drug-likeness (QED) is 0.132. The Morgan fingerprint density at radius 1 is 0.605 bits per heavy atom. The Morgan fingerprint density at radius 3 is 1.18 bits per heavy atom. The zero-order valence-electron chi connectivity index (χ0n) is 20.0. The first-order chi connectivity index (χ1) is 17.3. The second-order valence-corrected chi connectivity index (χ2v) is 19.7. The molecule has 4 rings (SSSR count). The third-order valence-electron chi connectivity index (χ3n) is 3.26. The molecule has 3 nitrogen and oxygen atoms in total. The minimum atomic E-state index is -0.750. The van der Waals surface area contributed by atoms with Gasteiger partial charge in [-0.25, -0.2) is 0 Å². The van der Waals surface area contributed by atoms with E-state index in [1.165, 1.54) is 16.0 Å². The number of thioether (sulfide) groups is 1. The topological polar surface area (TPSA) is 59.7 Å². The maximum Gasteiger partial charge on any atom is 3.00 e. The fraction of sp³-hybridized carbons (Fsp3) is 0.0370. The summed E-state index contributed by atoms with van der Waals surface area (Å²) in [6.07, 6.45) is 20.0. The van der Waals surface area contributed by atoms with Crippen molar-refractivity contribution in [2.24, 2.45) is 0 Å². The van der Waals surface area contributed by atoms with E-state index < -0.39 is 1.44 Å². The van der Waals surface area contributed by atoms with E-state index >= 15 is 0 Å². The summed E-state index contributed by atoms with van der Waals surface area (Å²) in [6, 6.07) is 19.0. The van der Waals surface area contributed by atoms with Crippen LogP contribution in [0.15, 0.2) is 59.5 Å². The predicted molar refractivity (Wildman–Crippen MR) is 163 cm³/mol. The normalized spacial score (nSPS) is 12.0. The summed E-state index contributed by atoms with van der Waals surface area (Å²) in [5, 5.41) is 0. The van der Waals surface area contributed by atoms with Crippen molar-refractivity contribution in [1.29, 1.82) is 0 Å². The minimum absolute atomic E-state index is 0. The zero-order chi connectivity index (χ0) is 28.1. The molecule has 0 unspecified atom stereocenters. The second-order valence-electron chi connectivity index (χ2n) is 5.88. The molecule has 0 heterocycles. The van der Waals surface area contributed by atoms with Crippen molar-refractivity contribution in [2.75, 3.05) is 0 Å². The molecule has 2 saturated carbocycles. The molecule has 2 aliphatic carbocycles. The van der Waals surface area contributed by atoms with Crippen LogP contribution < -0.4 is 0 Å². The van der Waals surface area contributed by atoms with Crippen LogP contribution in [0.1, 0.15) is 11.1 Å². The standard InChI is InChI=1S/C14H13S.2C5H5.3CO.BBr4.2Fe/c1-12-7-9-14(10-8-12)15-11-13-5-3-2-4-6-13;2*1-2-4-5-3-1;3*1-2;2-1(3,4)5;;/h2-11H,1H3;2*1-5H;;;;;;/q-1;;;;;;-1;;+3. The summed E-state index contributed by atoms with van der Waals surface area (Å²) in [5.74, 6) is 2.17. The number of hydrogen-bond donors (Lipinski definition) is 0. The summed E-state index contributed by atoms with van der Waals surface area (Å²) in [4.78, 5) is 1.28. The summed E-state index contributed by atoms with van der Waals surface area (Å²) in [5.41, 5.74) is 2.56. The van der Waals surface area contributed by atoms with Gasteiger partial charge in [0.2, 0.25) is 1.44 Å². The van der Waals surface area contributed by atoms with Crippen LogP contribution in [-0.4, -0.2) is 1.44 Å². The van der Waals surface area contributed by atoms with Gasteiger partial charge in [0.25, 0.3) is 0 Å². The number of aryl methyl sites for hydroxylation is 1. The average molecular weight is 870 g/mol. The van der Waals surface area contributed by atoms with Gasteiger partial charge < -0.3 is 63.0 Å². The first kappa shape index (κ1) is 48.6. The van der Waals surface area contributed by atoms with Gasteiger partial charge in [-0.1, -0.05) is 23.8 Å². The maximum atomic E-state index is 7.50. The van der Waals surface area contributed by atoms with Gasteiger partial charge in [-0.3, -0.25) is 0 Å². The SMILES string of the molecule is Br[B-](Br)(Br)Br.Cc1ccc(S[CH-]c2ccccc2)cc1.[C-]#[O+].[C-]#[O+].[C-]#[O+].[CH]1[CH][CH][CH][CH]1.[CH]1[CH][CH][CH][CH]1.[Fe+3].[Fe]. The van der Waals surface area contributed by atoms with Gasteiger partial charge in [-0.2, -0.15) is 29.5 Å². The molecule has 2 aliphatic rings. The predicted octanol–water partition coefficient (Wildman–Crippen LogP) is 9.22. The molecule has 38 heavy (non-hydrogen) atoms. The number of benzene rings is 2. The molecule has 201 valence electrons. The van der Waals surface area contributed by atoms with Gasteiger partial charge >= 0.3 is 51.0 Å². The van der Waals surface area contributed by atoms with Crippen LogP contribution >= 0.6 is 74.8 Å². The van der Waals surface area contributed by atoms with Crippen LogP contribution in [0.3, 0.4) is 0 Å². The van der Waals surface area contributed by atoms with E-state index in [0.717, 1.165) is 0 Å². The first-order valence-corrected chi connectivity index (χ1v) is 14.3.